The molecule has 0 saturated heterocycles. The van der Waals surface area contributed by atoms with Crippen LogP contribution in [0.15, 0.2) is 35.2 Å². The summed E-state index contributed by atoms with van der Waals surface area (Å²) in [6.45, 7) is 1.38. The maximum atomic E-state index is 12.2. The van der Waals surface area contributed by atoms with Crippen LogP contribution in [0.5, 0.6) is 5.75 Å². The Hall–Kier alpha value is -2.12. The molecule has 0 saturated carbocycles. The highest BCUT2D eigenvalue weighted by Crippen LogP contribution is 2.36. The van der Waals surface area contributed by atoms with Gasteiger partial charge in [-0.1, -0.05) is 18.2 Å². The van der Waals surface area contributed by atoms with Crippen molar-refractivity contribution < 1.29 is 18.3 Å². The van der Waals surface area contributed by atoms with Crippen molar-refractivity contribution in [2.45, 2.75) is 11.8 Å². The lowest BCUT2D eigenvalue weighted by atomic mass is 10.1. The molecule has 0 radical (unpaired) electrons. The Balaban J connectivity index is 2.73. The summed E-state index contributed by atoms with van der Waals surface area (Å²) in [5, 5.41) is 13.9. The van der Waals surface area contributed by atoms with E-state index in [0.29, 0.717) is 16.5 Å². The van der Waals surface area contributed by atoms with Crippen LogP contribution in [-0.2, 0) is 14.8 Å². The molecule has 2 rings (SSSR count). The summed E-state index contributed by atoms with van der Waals surface area (Å²) in [5.74, 6) is -0.569. The number of hydrogen-bond donors (Lipinski definition) is 2. The zero-order valence-corrected chi connectivity index (χ0v) is 12.7. The second-order valence-electron chi connectivity index (χ2n) is 4.78. The Bertz CT molecular complexity index is 813. The molecule has 0 atom stereocenters. The summed E-state index contributed by atoms with van der Waals surface area (Å²) >= 11 is 0. The van der Waals surface area contributed by atoms with Crippen molar-refractivity contribution in [3.8, 4) is 5.75 Å². The van der Waals surface area contributed by atoms with Crippen LogP contribution in [0.2, 0.25) is 0 Å². The van der Waals surface area contributed by atoms with E-state index in [0.717, 1.165) is 4.31 Å². The molecule has 0 heterocycles. The maximum absolute atomic E-state index is 12.2. The molecule has 1 amide bonds. The summed E-state index contributed by atoms with van der Waals surface area (Å²) in [7, 11) is -0.948. The fourth-order valence-corrected chi connectivity index (χ4v) is 3.01. The first-order valence-corrected chi connectivity index (χ1v) is 7.64. The molecule has 0 bridgehead atoms. The van der Waals surface area contributed by atoms with E-state index < -0.39 is 10.0 Å². The SMILES string of the molecule is CC(=O)Nc1cccc2c(O)c(S(=O)(=O)N(C)C)ccc12. The number of fused-ring (bicyclic) bond motifs is 1. The number of rotatable bonds is 3. The lowest BCUT2D eigenvalue weighted by Crippen LogP contribution is -2.22. The highest BCUT2D eigenvalue weighted by Gasteiger charge is 2.23. The molecule has 0 unspecified atom stereocenters. The molecule has 0 spiro atoms. The molecule has 0 aromatic heterocycles. The predicted molar refractivity (Wildman–Crippen MR) is 80.8 cm³/mol. The normalized spacial score (nSPS) is 11.8. The number of anilines is 1. The first kappa shape index (κ1) is 15.3. The van der Waals surface area contributed by atoms with Gasteiger partial charge in [-0.3, -0.25) is 4.79 Å². The van der Waals surface area contributed by atoms with Crippen LogP contribution in [0.25, 0.3) is 10.8 Å². The lowest BCUT2D eigenvalue weighted by molar-refractivity contribution is -0.114. The first-order chi connectivity index (χ1) is 9.75. The number of carbonyl (C=O) groups excluding carboxylic acids is 1. The number of nitrogens with one attached hydrogen (secondary N) is 1. The van der Waals surface area contributed by atoms with Gasteiger partial charge in [0.25, 0.3) is 0 Å². The fourth-order valence-electron chi connectivity index (χ4n) is 2.03. The summed E-state index contributed by atoms with van der Waals surface area (Å²) < 4.78 is 25.3. The molecule has 0 aliphatic carbocycles. The van der Waals surface area contributed by atoms with E-state index in [9.17, 15) is 18.3 Å². The zero-order chi connectivity index (χ0) is 15.8. The molecule has 2 aromatic rings. The number of benzene rings is 2. The standard InChI is InChI=1S/C14H16N2O4S/c1-9(17)15-12-6-4-5-11-10(12)7-8-13(14(11)18)21(19,20)16(2)3/h4-8,18H,1-3H3,(H,15,17). The minimum Gasteiger partial charge on any atom is -0.506 e. The van der Waals surface area contributed by atoms with Crippen molar-refractivity contribution in [1.82, 2.24) is 4.31 Å². The van der Waals surface area contributed by atoms with Gasteiger partial charge in [-0.25, -0.2) is 12.7 Å². The number of phenolic OH excluding ortho intramolecular Hbond substituents is 1. The van der Waals surface area contributed by atoms with E-state index in [1.54, 1.807) is 24.3 Å². The molecule has 2 N–H and O–H groups in total. The lowest BCUT2D eigenvalue weighted by Gasteiger charge is -2.15. The topological polar surface area (TPSA) is 86.7 Å². The van der Waals surface area contributed by atoms with Crippen LogP contribution in [0.3, 0.4) is 0 Å². The third kappa shape index (κ3) is 2.70. The summed E-state index contributed by atoms with van der Waals surface area (Å²) in [5.41, 5.74) is 0.518. The van der Waals surface area contributed by atoms with E-state index in [4.69, 9.17) is 0 Å². The second-order valence-corrected chi connectivity index (χ2v) is 6.90. The predicted octanol–water partition coefficient (Wildman–Crippen LogP) is 1.75. The molecule has 0 aliphatic rings. The molecule has 0 fully saturated rings. The number of carbonyl (C=O) groups is 1. The van der Waals surface area contributed by atoms with Crippen molar-refractivity contribution in [2.75, 3.05) is 19.4 Å². The van der Waals surface area contributed by atoms with Crippen molar-refractivity contribution in [2.24, 2.45) is 0 Å². The molecule has 7 heteroatoms. The number of amides is 1. The number of phenols is 1. The summed E-state index contributed by atoms with van der Waals surface area (Å²) in [6.07, 6.45) is 0. The van der Waals surface area contributed by atoms with Crippen molar-refractivity contribution in [3.05, 3.63) is 30.3 Å². The van der Waals surface area contributed by atoms with Crippen LogP contribution in [0.4, 0.5) is 5.69 Å². The van der Waals surface area contributed by atoms with E-state index in [-0.39, 0.29) is 16.6 Å². The van der Waals surface area contributed by atoms with Crippen LogP contribution < -0.4 is 5.32 Å². The van der Waals surface area contributed by atoms with Gasteiger partial charge in [0.1, 0.15) is 10.6 Å². The maximum Gasteiger partial charge on any atom is 0.246 e. The summed E-state index contributed by atoms with van der Waals surface area (Å²) in [6, 6.07) is 7.82. The van der Waals surface area contributed by atoms with Crippen molar-refractivity contribution >= 4 is 32.4 Å². The Morgan fingerprint density at radius 3 is 2.38 bits per heavy atom. The molecule has 6 nitrogen and oxygen atoms in total. The Morgan fingerprint density at radius 1 is 1.14 bits per heavy atom. The fraction of sp³-hybridized carbons (Fsp3) is 0.214. The number of aromatic hydroxyl groups is 1. The highest BCUT2D eigenvalue weighted by molar-refractivity contribution is 7.89. The Kier molecular flexibility index (Phi) is 3.89. The number of nitrogens with zero attached hydrogens (tertiary/aromatic N) is 1. The molecular weight excluding hydrogens is 292 g/mol. The first-order valence-electron chi connectivity index (χ1n) is 6.20. The molecule has 112 valence electrons. The van der Waals surface area contributed by atoms with Gasteiger partial charge in [-0.2, -0.15) is 0 Å². The average molecular weight is 308 g/mol. The van der Waals surface area contributed by atoms with Crippen LogP contribution in [-0.4, -0.2) is 37.8 Å². The van der Waals surface area contributed by atoms with Crippen molar-refractivity contribution in [3.63, 3.8) is 0 Å². The van der Waals surface area contributed by atoms with Gasteiger partial charge in [0.2, 0.25) is 15.9 Å². The smallest absolute Gasteiger partial charge is 0.246 e. The van der Waals surface area contributed by atoms with E-state index in [2.05, 4.69) is 5.32 Å². The number of hydrogen-bond acceptors (Lipinski definition) is 4. The minimum absolute atomic E-state index is 0.167. The van der Waals surface area contributed by atoms with E-state index in [1.807, 2.05) is 0 Å². The quantitative estimate of drug-likeness (QED) is 0.904. The van der Waals surface area contributed by atoms with Crippen LogP contribution in [0.1, 0.15) is 6.92 Å². The third-order valence-electron chi connectivity index (χ3n) is 3.07. The summed E-state index contributed by atoms with van der Waals surface area (Å²) in [4.78, 5) is 11.0. The van der Waals surface area contributed by atoms with Gasteiger partial charge in [-0.15, -0.1) is 0 Å². The second kappa shape index (κ2) is 5.34. The van der Waals surface area contributed by atoms with Gasteiger partial charge >= 0.3 is 0 Å². The molecular formula is C14H16N2O4S. The average Bonchev–Trinajstić information content (AvgIpc) is 2.38. The molecule has 2 aromatic carbocycles. The van der Waals surface area contributed by atoms with Gasteiger partial charge in [0.05, 0.1) is 0 Å². The molecule has 0 aliphatic heterocycles. The monoisotopic (exact) mass is 308 g/mol. The van der Waals surface area contributed by atoms with Gasteiger partial charge in [0, 0.05) is 37.5 Å². The third-order valence-corrected chi connectivity index (χ3v) is 4.91. The Morgan fingerprint density at radius 2 is 1.81 bits per heavy atom. The largest absolute Gasteiger partial charge is 0.506 e. The van der Waals surface area contributed by atoms with Crippen LogP contribution >= 0.6 is 0 Å². The minimum atomic E-state index is -3.74. The molecule has 21 heavy (non-hydrogen) atoms. The Labute approximate surface area is 123 Å². The zero-order valence-electron chi connectivity index (χ0n) is 11.9. The van der Waals surface area contributed by atoms with Crippen molar-refractivity contribution in [1.29, 1.82) is 0 Å². The van der Waals surface area contributed by atoms with Gasteiger partial charge in [-0.05, 0) is 12.1 Å². The van der Waals surface area contributed by atoms with E-state index >= 15 is 0 Å². The highest BCUT2D eigenvalue weighted by atomic mass is 32.2. The van der Waals surface area contributed by atoms with Gasteiger partial charge < -0.3 is 10.4 Å². The van der Waals surface area contributed by atoms with E-state index in [1.165, 1.54) is 27.1 Å². The van der Waals surface area contributed by atoms with Gasteiger partial charge in [0.15, 0.2) is 0 Å². The number of sulfonamides is 1. The van der Waals surface area contributed by atoms with Crippen LogP contribution in [0, 0.1) is 0 Å².